The lowest BCUT2D eigenvalue weighted by molar-refractivity contribution is -0.147. The van der Waals surface area contributed by atoms with E-state index < -0.39 is 24.0 Å². The molecule has 2 aromatic carbocycles. The first-order valence-corrected chi connectivity index (χ1v) is 11.2. The molecule has 1 fully saturated rings. The topological polar surface area (TPSA) is 131 Å². The number of rotatable bonds is 6. The Kier molecular flexibility index (Phi) is 6.19. The lowest BCUT2D eigenvalue weighted by Crippen LogP contribution is -2.52. The third-order valence-corrected chi connectivity index (χ3v) is 6.25. The number of carbonyl (C=O) groups excluding carboxylic acids is 2. The van der Waals surface area contributed by atoms with Gasteiger partial charge < -0.3 is 29.2 Å². The van der Waals surface area contributed by atoms with Crippen molar-refractivity contribution in [3.05, 3.63) is 77.5 Å². The first kappa shape index (κ1) is 22.6. The van der Waals surface area contributed by atoms with Gasteiger partial charge in [0.2, 0.25) is 0 Å². The molecule has 0 spiro atoms. The Bertz CT molecular complexity index is 1230. The Labute approximate surface area is 200 Å². The number of alkyl carbamates (subject to hydrolysis) is 1. The molecule has 1 unspecified atom stereocenters. The van der Waals surface area contributed by atoms with Gasteiger partial charge in [0.25, 0.3) is 5.91 Å². The summed E-state index contributed by atoms with van der Waals surface area (Å²) in [5.41, 5.74) is 4.40. The van der Waals surface area contributed by atoms with E-state index in [9.17, 15) is 19.5 Å². The van der Waals surface area contributed by atoms with Crippen LogP contribution in [0.4, 0.5) is 4.79 Å². The maximum Gasteiger partial charge on any atom is 0.407 e. The highest BCUT2D eigenvalue weighted by atomic mass is 16.5. The van der Waals surface area contributed by atoms with Crippen LogP contribution in [-0.4, -0.2) is 65.4 Å². The largest absolute Gasteiger partial charge is 0.480 e. The number of morpholine rings is 1. The molecule has 35 heavy (non-hydrogen) atoms. The minimum Gasteiger partial charge on any atom is -0.480 e. The van der Waals surface area contributed by atoms with Crippen LogP contribution in [0.25, 0.3) is 11.1 Å². The molecule has 2 aliphatic rings. The van der Waals surface area contributed by atoms with E-state index in [1.807, 2.05) is 36.4 Å². The third kappa shape index (κ3) is 4.35. The molecule has 1 aliphatic heterocycles. The number of hydrogen-bond donors (Lipinski definition) is 2. The molecule has 10 nitrogen and oxygen atoms in total. The second kappa shape index (κ2) is 9.59. The molecular formula is C25H23N3O7. The number of benzene rings is 2. The molecule has 3 aromatic rings. The van der Waals surface area contributed by atoms with Crippen LogP contribution in [0.1, 0.15) is 33.3 Å². The second-order valence-electron chi connectivity index (χ2n) is 8.23. The number of carboxylic acid groups (broad SMARTS) is 1. The van der Waals surface area contributed by atoms with Gasteiger partial charge in [0, 0.05) is 12.5 Å². The van der Waals surface area contributed by atoms with E-state index in [0.29, 0.717) is 0 Å². The third-order valence-electron chi connectivity index (χ3n) is 6.25. The van der Waals surface area contributed by atoms with Crippen LogP contribution in [0.3, 0.4) is 0 Å². The van der Waals surface area contributed by atoms with Crippen molar-refractivity contribution in [2.75, 3.05) is 26.4 Å². The molecule has 180 valence electrons. The fourth-order valence-electron chi connectivity index (χ4n) is 4.56. The zero-order valence-electron chi connectivity index (χ0n) is 18.7. The van der Waals surface area contributed by atoms with Crippen LogP contribution in [0, 0.1) is 0 Å². The first-order chi connectivity index (χ1) is 17.0. The fourth-order valence-corrected chi connectivity index (χ4v) is 4.56. The molecule has 1 saturated heterocycles. The first-order valence-electron chi connectivity index (χ1n) is 11.2. The van der Waals surface area contributed by atoms with Crippen LogP contribution in [0.5, 0.6) is 0 Å². The molecule has 2 N–H and O–H groups in total. The maximum atomic E-state index is 12.9. The van der Waals surface area contributed by atoms with Gasteiger partial charge >= 0.3 is 12.1 Å². The number of amides is 2. The minimum absolute atomic E-state index is 0.0582. The molecule has 10 heteroatoms. The molecule has 1 aliphatic carbocycles. The van der Waals surface area contributed by atoms with E-state index in [4.69, 9.17) is 13.9 Å². The van der Waals surface area contributed by atoms with Crippen molar-refractivity contribution in [2.24, 2.45) is 0 Å². The summed E-state index contributed by atoms with van der Waals surface area (Å²) in [6.07, 6.45) is 0.412. The lowest BCUT2D eigenvalue weighted by Gasteiger charge is -2.32. The van der Waals surface area contributed by atoms with E-state index in [1.165, 1.54) is 4.90 Å². The number of carbonyl (C=O) groups is 3. The van der Waals surface area contributed by atoms with Crippen molar-refractivity contribution in [1.29, 1.82) is 0 Å². The van der Waals surface area contributed by atoms with Gasteiger partial charge in [0.1, 0.15) is 6.61 Å². The summed E-state index contributed by atoms with van der Waals surface area (Å²) in [6.45, 7) is 0.241. The molecule has 2 heterocycles. The quantitative estimate of drug-likeness (QED) is 0.554. The van der Waals surface area contributed by atoms with Crippen LogP contribution < -0.4 is 5.32 Å². The Hall–Kier alpha value is -4.18. The molecular weight excluding hydrogens is 454 g/mol. The second-order valence-corrected chi connectivity index (χ2v) is 8.23. The highest BCUT2D eigenvalue weighted by Gasteiger charge is 2.35. The van der Waals surface area contributed by atoms with E-state index in [0.717, 1.165) is 28.6 Å². The van der Waals surface area contributed by atoms with Crippen molar-refractivity contribution < 1.29 is 33.4 Å². The van der Waals surface area contributed by atoms with Crippen LogP contribution in [-0.2, 0) is 20.8 Å². The van der Waals surface area contributed by atoms with Crippen molar-refractivity contribution >= 4 is 18.0 Å². The smallest absolute Gasteiger partial charge is 0.407 e. The number of nitrogens with zero attached hydrogens (tertiary/aromatic N) is 2. The monoisotopic (exact) mass is 477 g/mol. The van der Waals surface area contributed by atoms with Gasteiger partial charge in [-0.2, -0.15) is 0 Å². The summed E-state index contributed by atoms with van der Waals surface area (Å²) >= 11 is 0. The van der Waals surface area contributed by atoms with E-state index >= 15 is 0 Å². The van der Waals surface area contributed by atoms with Gasteiger partial charge in [-0.25, -0.2) is 14.6 Å². The molecule has 0 saturated carbocycles. The molecule has 1 aromatic heterocycles. The zero-order chi connectivity index (χ0) is 24.4. The summed E-state index contributed by atoms with van der Waals surface area (Å²) < 4.78 is 16.0. The van der Waals surface area contributed by atoms with Gasteiger partial charge in [0.15, 0.2) is 23.9 Å². The molecule has 0 radical (unpaired) electrons. The molecule has 5 rings (SSSR count). The number of carboxylic acids is 1. The summed E-state index contributed by atoms with van der Waals surface area (Å²) in [5, 5.41) is 12.0. The van der Waals surface area contributed by atoms with Gasteiger partial charge in [0.05, 0.1) is 19.8 Å². The summed E-state index contributed by atoms with van der Waals surface area (Å²) in [5.74, 6) is -1.73. The minimum atomic E-state index is -1.17. The zero-order valence-corrected chi connectivity index (χ0v) is 18.7. The number of aromatic nitrogens is 1. The Morgan fingerprint density at radius 2 is 1.77 bits per heavy atom. The Morgan fingerprint density at radius 1 is 1.09 bits per heavy atom. The van der Waals surface area contributed by atoms with Crippen molar-refractivity contribution in [2.45, 2.75) is 18.5 Å². The number of nitrogens with one attached hydrogen (secondary N) is 1. The SMILES string of the molecule is O=C(NCc1ocnc1C(=O)N1CCOCC1C(=O)O)OCC1c2ccccc2-c2ccccc21. The van der Waals surface area contributed by atoms with Crippen LogP contribution in [0.2, 0.25) is 0 Å². The number of oxazole rings is 1. The van der Waals surface area contributed by atoms with E-state index in [2.05, 4.69) is 22.4 Å². The van der Waals surface area contributed by atoms with E-state index in [-0.39, 0.29) is 50.3 Å². The van der Waals surface area contributed by atoms with Crippen molar-refractivity contribution in [3.8, 4) is 11.1 Å². The predicted molar refractivity (Wildman–Crippen MR) is 122 cm³/mol. The summed E-state index contributed by atoms with van der Waals surface area (Å²) in [4.78, 5) is 42.0. The van der Waals surface area contributed by atoms with Crippen molar-refractivity contribution in [1.82, 2.24) is 15.2 Å². The van der Waals surface area contributed by atoms with Crippen LogP contribution in [0.15, 0.2) is 59.3 Å². The molecule has 1 atom stereocenters. The number of aliphatic carboxylic acids is 1. The van der Waals surface area contributed by atoms with Crippen molar-refractivity contribution in [3.63, 3.8) is 0 Å². The lowest BCUT2D eigenvalue weighted by atomic mass is 9.98. The maximum absolute atomic E-state index is 12.9. The fraction of sp³-hybridized carbons (Fsp3) is 0.280. The van der Waals surface area contributed by atoms with Gasteiger partial charge in [-0.3, -0.25) is 4.79 Å². The Morgan fingerprint density at radius 3 is 2.46 bits per heavy atom. The number of ether oxygens (including phenoxy) is 2. The predicted octanol–water partition coefficient (Wildman–Crippen LogP) is 2.64. The standard InChI is InChI=1S/C25H23N3O7/c29-23(28-9-10-33-13-20(28)24(30)31)22-21(35-14-27-22)11-26-25(32)34-12-19-17-7-3-1-5-15(17)16-6-2-4-8-18(16)19/h1-8,14,19-20H,9-13H2,(H,26,32)(H,30,31). The van der Waals surface area contributed by atoms with Crippen LogP contribution >= 0.6 is 0 Å². The van der Waals surface area contributed by atoms with Gasteiger partial charge in [-0.05, 0) is 22.3 Å². The van der Waals surface area contributed by atoms with E-state index in [1.54, 1.807) is 0 Å². The number of hydrogen-bond acceptors (Lipinski definition) is 7. The van der Waals surface area contributed by atoms with Gasteiger partial charge in [-0.15, -0.1) is 0 Å². The average Bonchev–Trinajstić information content (AvgIpc) is 3.48. The number of fused-ring (bicyclic) bond motifs is 3. The average molecular weight is 477 g/mol. The highest BCUT2D eigenvalue weighted by Crippen LogP contribution is 2.44. The summed E-state index contributed by atoms with van der Waals surface area (Å²) in [7, 11) is 0. The van der Waals surface area contributed by atoms with Gasteiger partial charge in [-0.1, -0.05) is 48.5 Å². The molecule has 2 amide bonds. The Balaban J connectivity index is 1.21. The normalized spacial score (nSPS) is 16.9. The molecule has 0 bridgehead atoms. The summed E-state index contributed by atoms with van der Waals surface area (Å²) in [6, 6.07) is 15.0. The highest BCUT2D eigenvalue weighted by molar-refractivity contribution is 5.96.